The summed E-state index contributed by atoms with van der Waals surface area (Å²) < 4.78 is 0. The summed E-state index contributed by atoms with van der Waals surface area (Å²) in [6.07, 6.45) is -2.08. The number of hydrogen-bond donors (Lipinski definition) is 4. The van der Waals surface area contributed by atoms with E-state index in [0.29, 0.717) is 0 Å². The summed E-state index contributed by atoms with van der Waals surface area (Å²) >= 11 is 0. The molecule has 7 nitrogen and oxygen atoms in total. The SMILES string of the molecule is CC(=O)O.N.N.O=C([O-])O.[Na+]. The van der Waals surface area contributed by atoms with Gasteiger partial charge < -0.3 is 32.4 Å². The summed E-state index contributed by atoms with van der Waals surface area (Å²) in [6.45, 7) is 1.08. The molecule has 0 aromatic carbocycles. The van der Waals surface area contributed by atoms with Crippen molar-refractivity contribution in [3.8, 4) is 0 Å². The van der Waals surface area contributed by atoms with Crippen molar-refractivity contribution in [2.75, 3.05) is 0 Å². The van der Waals surface area contributed by atoms with E-state index in [0.717, 1.165) is 6.92 Å². The Kier molecular flexibility index (Phi) is 63.8. The van der Waals surface area contributed by atoms with E-state index < -0.39 is 12.1 Å². The molecule has 0 unspecified atom stereocenters. The van der Waals surface area contributed by atoms with Crippen LogP contribution in [0.3, 0.4) is 0 Å². The molecule has 0 spiro atoms. The average molecular weight is 178 g/mol. The molecule has 0 radical (unpaired) electrons. The number of carboxylic acids is 1. The van der Waals surface area contributed by atoms with Crippen LogP contribution in [0.5, 0.6) is 0 Å². The summed E-state index contributed by atoms with van der Waals surface area (Å²) in [5, 5.41) is 22.7. The molecule has 11 heavy (non-hydrogen) atoms. The second-order valence-electron chi connectivity index (χ2n) is 0.785. The molecule has 64 valence electrons. The van der Waals surface area contributed by atoms with E-state index in [9.17, 15) is 0 Å². The fourth-order valence-corrected chi connectivity index (χ4v) is 0. The molecule has 0 heterocycles. The van der Waals surface area contributed by atoms with Crippen LogP contribution in [-0.4, -0.2) is 22.3 Å². The fourth-order valence-electron chi connectivity index (χ4n) is 0. The van der Waals surface area contributed by atoms with Gasteiger partial charge in [-0.25, -0.2) is 0 Å². The molecule has 0 aromatic heterocycles. The third kappa shape index (κ3) is 4900. The summed E-state index contributed by atoms with van der Waals surface area (Å²) in [6, 6.07) is 0. The van der Waals surface area contributed by atoms with Crippen molar-refractivity contribution in [3.05, 3.63) is 0 Å². The largest absolute Gasteiger partial charge is 1.00 e. The molecule has 0 aliphatic heterocycles. The molecule has 0 bridgehead atoms. The standard InChI is InChI=1S/C2H4O2.CH2O3.2H3N.Na/c1-2(3)4;2-1(3)4;;;/h1H3,(H,3,4);(H2,2,3,4);2*1H3;/q;;;;+1/p-1. The van der Waals surface area contributed by atoms with Gasteiger partial charge in [0.1, 0.15) is 0 Å². The van der Waals surface area contributed by atoms with Crippen LogP contribution >= 0.6 is 0 Å². The van der Waals surface area contributed by atoms with Gasteiger partial charge in [-0.05, 0) is 0 Å². The van der Waals surface area contributed by atoms with E-state index in [2.05, 4.69) is 0 Å². The quantitative estimate of drug-likeness (QED) is 0.277. The monoisotopic (exact) mass is 178 g/mol. The smallest absolute Gasteiger partial charge is 0.565 e. The van der Waals surface area contributed by atoms with Gasteiger partial charge in [-0.1, -0.05) is 0 Å². The predicted molar refractivity (Wildman–Crippen MR) is 31.4 cm³/mol. The Balaban J connectivity index is -0.0000000171. The van der Waals surface area contributed by atoms with E-state index in [-0.39, 0.29) is 41.9 Å². The molecule has 8 heteroatoms. The van der Waals surface area contributed by atoms with E-state index >= 15 is 0 Å². The number of rotatable bonds is 0. The minimum absolute atomic E-state index is 0. The van der Waals surface area contributed by atoms with Crippen LogP contribution in [0.4, 0.5) is 4.79 Å². The summed E-state index contributed by atoms with van der Waals surface area (Å²) in [4.78, 5) is 17.4. The van der Waals surface area contributed by atoms with Crippen molar-refractivity contribution in [1.82, 2.24) is 12.3 Å². The summed E-state index contributed by atoms with van der Waals surface area (Å²) in [5.74, 6) is -0.833. The molecule has 0 amide bonds. The van der Waals surface area contributed by atoms with Crippen LogP contribution in [0.15, 0.2) is 0 Å². The maximum Gasteiger partial charge on any atom is 1.00 e. The van der Waals surface area contributed by atoms with Crippen molar-refractivity contribution in [1.29, 1.82) is 0 Å². The number of aliphatic carboxylic acids is 1. The average Bonchev–Trinajstić information content (AvgIpc) is 1.25. The first kappa shape index (κ1) is 31.1. The molecule has 0 aliphatic carbocycles. The minimum Gasteiger partial charge on any atom is -0.565 e. The number of hydrogen-bond acceptors (Lipinski definition) is 5. The molecular formula is C3H11N2NaO5. The first-order valence-electron chi connectivity index (χ1n) is 1.56. The topological polar surface area (TPSA) is 168 Å². The van der Waals surface area contributed by atoms with Crippen LogP contribution in [0.1, 0.15) is 6.92 Å². The van der Waals surface area contributed by atoms with Gasteiger partial charge in [-0.3, -0.25) is 4.79 Å². The Labute approximate surface area is 85.9 Å². The zero-order valence-corrected chi connectivity index (χ0v) is 8.53. The zero-order chi connectivity index (χ0) is 7.15. The Hall–Kier alpha value is -0.340. The van der Waals surface area contributed by atoms with Gasteiger partial charge in [-0.2, -0.15) is 0 Å². The van der Waals surface area contributed by atoms with Crippen LogP contribution in [0, 0.1) is 0 Å². The molecular weight excluding hydrogens is 167 g/mol. The first-order chi connectivity index (χ1) is 3.46. The van der Waals surface area contributed by atoms with Gasteiger partial charge >= 0.3 is 29.6 Å². The van der Waals surface area contributed by atoms with Crippen molar-refractivity contribution >= 4 is 12.1 Å². The molecule has 0 atom stereocenters. The van der Waals surface area contributed by atoms with Crippen molar-refractivity contribution in [2.45, 2.75) is 6.92 Å². The van der Waals surface area contributed by atoms with Gasteiger partial charge in [0.25, 0.3) is 5.97 Å². The molecule has 8 N–H and O–H groups in total. The normalized spacial score (nSPS) is 4.45. The van der Waals surface area contributed by atoms with Gasteiger partial charge in [0.2, 0.25) is 6.16 Å². The maximum atomic E-state index is 9.00. The van der Waals surface area contributed by atoms with Gasteiger partial charge in [-0.15, -0.1) is 0 Å². The van der Waals surface area contributed by atoms with E-state index in [4.69, 9.17) is 24.9 Å². The molecule has 0 aliphatic rings. The second-order valence-corrected chi connectivity index (χ2v) is 0.785. The summed E-state index contributed by atoms with van der Waals surface area (Å²) in [5.41, 5.74) is 0. The Morgan fingerprint density at radius 3 is 1.18 bits per heavy atom. The van der Waals surface area contributed by atoms with Crippen LogP contribution in [0.25, 0.3) is 0 Å². The van der Waals surface area contributed by atoms with Crippen molar-refractivity contribution < 1.29 is 54.5 Å². The molecule has 0 rings (SSSR count). The van der Waals surface area contributed by atoms with Gasteiger partial charge in [0.15, 0.2) is 0 Å². The van der Waals surface area contributed by atoms with Crippen LogP contribution < -0.4 is 47.0 Å². The Morgan fingerprint density at radius 2 is 1.18 bits per heavy atom. The van der Waals surface area contributed by atoms with Crippen LogP contribution in [0.2, 0.25) is 0 Å². The fraction of sp³-hybridized carbons (Fsp3) is 0.333. The molecule has 0 saturated carbocycles. The predicted octanol–water partition coefficient (Wildman–Crippen LogP) is -3.69. The first-order valence-corrected chi connectivity index (χ1v) is 1.56. The van der Waals surface area contributed by atoms with Gasteiger partial charge in [0.05, 0.1) is 0 Å². The number of carbonyl (C=O) groups is 2. The van der Waals surface area contributed by atoms with Crippen LogP contribution in [-0.2, 0) is 4.79 Å². The van der Waals surface area contributed by atoms with Crippen molar-refractivity contribution in [2.24, 2.45) is 0 Å². The zero-order valence-electron chi connectivity index (χ0n) is 6.53. The third-order valence-corrected chi connectivity index (χ3v) is 0. The molecule has 0 saturated heterocycles. The molecule has 0 fully saturated rings. The summed E-state index contributed by atoms with van der Waals surface area (Å²) in [7, 11) is 0. The van der Waals surface area contributed by atoms with E-state index in [1.54, 1.807) is 0 Å². The third-order valence-electron chi connectivity index (χ3n) is 0. The minimum atomic E-state index is -2.08. The maximum absolute atomic E-state index is 9.00. The van der Waals surface area contributed by atoms with Crippen molar-refractivity contribution in [3.63, 3.8) is 0 Å². The van der Waals surface area contributed by atoms with Gasteiger partial charge in [0, 0.05) is 6.92 Å². The van der Waals surface area contributed by atoms with E-state index in [1.165, 1.54) is 0 Å². The van der Waals surface area contributed by atoms with E-state index in [1.807, 2.05) is 0 Å². The number of carboxylic acid groups (broad SMARTS) is 3. The molecule has 0 aromatic rings. The Bertz CT molecular complexity index is 77.7. The Morgan fingerprint density at radius 1 is 1.18 bits per heavy atom. The second kappa shape index (κ2) is 22.6.